The van der Waals surface area contributed by atoms with Gasteiger partial charge in [0, 0.05) is 70.8 Å². The Hall–Kier alpha value is -4.36. The molecule has 14 heteroatoms. The molecule has 232 valence electrons. The van der Waals surface area contributed by atoms with Crippen molar-refractivity contribution in [2.75, 3.05) is 38.3 Å². The van der Waals surface area contributed by atoms with Gasteiger partial charge >= 0.3 is 5.69 Å². The number of fused-ring (bicyclic) bond motifs is 1. The molecule has 5 heterocycles. The van der Waals surface area contributed by atoms with Crippen LogP contribution in [0.3, 0.4) is 0 Å². The molecule has 1 aliphatic heterocycles. The topological polar surface area (TPSA) is 148 Å². The van der Waals surface area contributed by atoms with Crippen molar-refractivity contribution in [3.05, 3.63) is 68.2 Å². The minimum atomic E-state index is -0.443. The van der Waals surface area contributed by atoms with E-state index < -0.39 is 11.2 Å². The number of nitrogens with one attached hydrogen (secondary N) is 1. The quantitative estimate of drug-likeness (QED) is 0.177. The number of methoxy groups -OCH3 is 1. The fourth-order valence-electron chi connectivity index (χ4n) is 5.32. The van der Waals surface area contributed by atoms with E-state index in [1.165, 1.54) is 15.3 Å². The molecule has 5 rings (SSSR count). The Kier molecular flexibility index (Phi) is 9.85. The molecule has 1 fully saturated rings. The van der Waals surface area contributed by atoms with Crippen molar-refractivity contribution >= 4 is 40.4 Å². The van der Waals surface area contributed by atoms with Crippen LogP contribution in [0.5, 0.6) is 0 Å². The van der Waals surface area contributed by atoms with Crippen LogP contribution >= 0.6 is 11.6 Å². The molecule has 1 N–H and O–H groups in total. The van der Waals surface area contributed by atoms with Gasteiger partial charge in [0.05, 0.1) is 5.56 Å². The Labute approximate surface area is 258 Å². The van der Waals surface area contributed by atoms with E-state index in [0.717, 1.165) is 13.0 Å². The predicted octanol–water partition coefficient (Wildman–Crippen LogP) is 3.10. The lowest BCUT2D eigenvalue weighted by Gasteiger charge is -2.23. The maximum Gasteiger partial charge on any atom is 0.332 e. The van der Waals surface area contributed by atoms with E-state index in [0.29, 0.717) is 74.7 Å². The first-order valence-electron chi connectivity index (χ1n) is 14.7. The van der Waals surface area contributed by atoms with Crippen molar-refractivity contribution in [2.24, 2.45) is 0 Å². The number of pyridine rings is 2. The van der Waals surface area contributed by atoms with E-state index in [-0.39, 0.29) is 34.7 Å². The summed E-state index contributed by atoms with van der Waals surface area (Å²) in [5.74, 6) is 0.607. The Balaban J connectivity index is 1.45. The zero-order valence-corrected chi connectivity index (χ0v) is 25.5. The van der Waals surface area contributed by atoms with Gasteiger partial charge in [-0.15, -0.1) is 0 Å². The van der Waals surface area contributed by atoms with Crippen LogP contribution in [0.2, 0.25) is 5.15 Å². The van der Waals surface area contributed by atoms with Gasteiger partial charge in [0.25, 0.3) is 11.5 Å². The monoisotopic (exact) mass is 622 g/mol. The van der Waals surface area contributed by atoms with Crippen LogP contribution in [-0.2, 0) is 22.6 Å². The van der Waals surface area contributed by atoms with Crippen molar-refractivity contribution in [1.29, 1.82) is 0 Å². The summed E-state index contributed by atoms with van der Waals surface area (Å²) in [6.45, 7) is 4.60. The minimum absolute atomic E-state index is 0.129. The lowest BCUT2D eigenvalue weighted by Crippen LogP contribution is -2.40. The molecule has 4 aromatic heterocycles. The third-order valence-corrected chi connectivity index (χ3v) is 7.76. The third-order valence-electron chi connectivity index (χ3n) is 7.54. The number of carbonyl (C=O) groups is 2. The highest BCUT2D eigenvalue weighted by Gasteiger charge is 2.23. The molecule has 1 aliphatic rings. The number of anilines is 1. The van der Waals surface area contributed by atoms with E-state index in [4.69, 9.17) is 16.3 Å². The van der Waals surface area contributed by atoms with Gasteiger partial charge in [0.1, 0.15) is 22.3 Å². The van der Waals surface area contributed by atoms with Crippen LogP contribution in [0, 0.1) is 0 Å². The predicted molar refractivity (Wildman–Crippen MR) is 166 cm³/mol. The lowest BCUT2D eigenvalue weighted by atomic mass is 10.2. The Morgan fingerprint density at radius 1 is 1.05 bits per heavy atom. The molecule has 0 aromatic carbocycles. The average Bonchev–Trinajstić information content (AvgIpc) is 3.66. The van der Waals surface area contributed by atoms with E-state index in [2.05, 4.69) is 19.9 Å². The first-order chi connectivity index (χ1) is 21.3. The van der Waals surface area contributed by atoms with Crippen LogP contribution in [0.15, 0.2) is 46.2 Å². The first kappa shape index (κ1) is 31.1. The van der Waals surface area contributed by atoms with Gasteiger partial charge in [0.2, 0.25) is 5.91 Å². The molecule has 0 bridgehead atoms. The number of H-pyrrole nitrogens is 1. The highest BCUT2D eigenvalue weighted by Crippen LogP contribution is 2.22. The van der Waals surface area contributed by atoms with Crippen LogP contribution in [0.25, 0.3) is 22.6 Å². The fourth-order valence-corrected chi connectivity index (χ4v) is 5.43. The molecule has 44 heavy (non-hydrogen) atoms. The maximum atomic E-state index is 13.5. The molecule has 0 atom stereocenters. The first-order valence-corrected chi connectivity index (χ1v) is 15.1. The number of imidazole rings is 1. The van der Waals surface area contributed by atoms with Crippen molar-refractivity contribution in [3.8, 4) is 11.4 Å². The summed E-state index contributed by atoms with van der Waals surface area (Å²) in [6, 6.07) is 6.61. The molecule has 4 aromatic rings. The summed E-state index contributed by atoms with van der Waals surface area (Å²) in [5.41, 5.74) is 0.597. The molecule has 0 aliphatic carbocycles. The number of rotatable bonds is 13. The van der Waals surface area contributed by atoms with E-state index >= 15 is 0 Å². The fraction of sp³-hybridized carbons (Fsp3) is 0.433. The largest absolute Gasteiger partial charge is 0.385 e. The molecular formula is C30H35ClN8O5. The van der Waals surface area contributed by atoms with Crippen molar-refractivity contribution < 1.29 is 14.3 Å². The molecule has 0 spiro atoms. The Bertz CT molecular complexity index is 1750. The number of aromatic amines is 1. The van der Waals surface area contributed by atoms with E-state index in [1.807, 2.05) is 11.8 Å². The highest BCUT2D eigenvalue weighted by molar-refractivity contribution is 6.29. The molecule has 2 amide bonds. The van der Waals surface area contributed by atoms with Gasteiger partial charge < -0.3 is 14.6 Å². The van der Waals surface area contributed by atoms with Crippen LogP contribution in [0.1, 0.15) is 49.4 Å². The molecule has 0 saturated carbocycles. The van der Waals surface area contributed by atoms with Gasteiger partial charge in [-0.25, -0.2) is 19.7 Å². The van der Waals surface area contributed by atoms with Crippen molar-refractivity contribution in [1.82, 2.24) is 34.0 Å². The number of amides is 2. The van der Waals surface area contributed by atoms with Gasteiger partial charge in [-0.2, -0.15) is 0 Å². The summed E-state index contributed by atoms with van der Waals surface area (Å²) in [4.78, 5) is 71.8. The van der Waals surface area contributed by atoms with E-state index in [9.17, 15) is 19.2 Å². The maximum absolute atomic E-state index is 13.5. The lowest BCUT2D eigenvalue weighted by molar-refractivity contribution is -0.127. The molecular weight excluding hydrogens is 588 g/mol. The SMILES string of the molecule is CCCn1c(=O)n(CCCOC)c(=O)c2[nH]c(-c3ccc(N(CCCN4CCCC4=O)C(=O)c4ccc(Cl)nc4)nc3)nc21. The van der Waals surface area contributed by atoms with Crippen molar-refractivity contribution in [2.45, 2.75) is 52.1 Å². The number of ether oxygens (including phenoxy) is 1. The van der Waals surface area contributed by atoms with Crippen molar-refractivity contribution in [3.63, 3.8) is 0 Å². The molecule has 1 saturated heterocycles. The summed E-state index contributed by atoms with van der Waals surface area (Å²) in [6.07, 6.45) is 6.16. The van der Waals surface area contributed by atoms with E-state index in [1.54, 1.807) is 42.5 Å². The zero-order valence-electron chi connectivity index (χ0n) is 24.8. The minimum Gasteiger partial charge on any atom is -0.385 e. The number of halogens is 1. The smallest absolute Gasteiger partial charge is 0.332 e. The van der Waals surface area contributed by atoms with Crippen LogP contribution < -0.4 is 16.1 Å². The second-order valence-corrected chi connectivity index (χ2v) is 11.0. The summed E-state index contributed by atoms with van der Waals surface area (Å²) < 4.78 is 7.81. The average molecular weight is 623 g/mol. The summed E-state index contributed by atoms with van der Waals surface area (Å²) >= 11 is 5.93. The number of aryl methyl sites for hydroxylation is 1. The number of nitrogens with zero attached hydrogens (tertiary/aromatic N) is 7. The number of hydrogen-bond acceptors (Lipinski definition) is 8. The van der Waals surface area contributed by atoms with Crippen LogP contribution in [-0.4, -0.2) is 79.1 Å². The van der Waals surface area contributed by atoms with Gasteiger partial charge in [-0.3, -0.25) is 28.4 Å². The standard InChI is InChI=1S/C30H35ClN8O5/c1-3-12-38-27-25(29(42)39(30(38)43)16-6-17-44-2)34-26(35-27)20-9-11-23(33-18-20)37(15-5-14-36-13-4-7-24(36)40)28(41)21-8-10-22(31)32-19-21/h8-11,18-19H,3-7,12-17H2,1-2H3,(H,34,35). The third kappa shape index (κ3) is 6.58. The van der Waals surface area contributed by atoms with Gasteiger partial charge in [-0.05, 0) is 49.9 Å². The van der Waals surface area contributed by atoms with Gasteiger partial charge in [0.15, 0.2) is 5.65 Å². The number of carbonyl (C=O) groups excluding carboxylic acids is 2. The van der Waals surface area contributed by atoms with Crippen LogP contribution in [0.4, 0.5) is 5.82 Å². The number of hydrogen-bond donors (Lipinski definition) is 1. The zero-order chi connectivity index (χ0) is 31.2. The number of likely N-dealkylation sites (tertiary alicyclic amines) is 1. The Morgan fingerprint density at radius 3 is 2.55 bits per heavy atom. The summed E-state index contributed by atoms with van der Waals surface area (Å²) in [5, 5.41) is 0.278. The highest BCUT2D eigenvalue weighted by atomic mass is 35.5. The van der Waals surface area contributed by atoms with Gasteiger partial charge in [-0.1, -0.05) is 18.5 Å². The number of aromatic nitrogens is 6. The second kappa shape index (κ2) is 14.0. The Morgan fingerprint density at radius 2 is 1.89 bits per heavy atom. The normalized spacial score (nSPS) is 13.2. The second-order valence-electron chi connectivity index (χ2n) is 10.6. The molecule has 13 nitrogen and oxygen atoms in total. The molecule has 0 radical (unpaired) electrons. The summed E-state index contributed by atoms with van der Waals surface area (Å²) in [7, 11) is 1.57. The molecule has 0 unspecified atom stereocenters.